The van der Waals surface area contributed by atoms with Crippen molar-refractivity contribution in [3.63, 3.8) is 0 Å². The van der Waals surface area contributed by atoms with Gasteiger partial charge in [-0.05, 0) is 12.3 Å². The first kappa shape index (κ1) is 15.2. The van der Waals surface area contributed by atoms with Crippen LogP contribution in [0.4, 0.5) is 0 Å². The van der Waals surface area contributed by atoms with Crippen molar-refractivity contribution >= 4 is 11.9 Å². The first-order valence-corrected chi connectivity index (χ1v) is 6.22. The lowest BCUT2D eigenvalue weighted by molar-refractivity contribution is -0.129. The second-order valence-electron chi connectivity index (χ2n) is 4.74. The van der Waals surface area contributed by atoms with Crippen LogP contribution < -0.4 is 0 Å². The van der Waals surface area contributed by atoms with Crippen LogP contribution in [-0.4, -0.2) is 35.4 Å². The summed E-state index contributed by atoms with van der Waals surface area (Å²) in [5, 5.41) is 0. The summed E-state index contributed by atoms with van der Waals surface area (Å²) >= 11 is 0. The summed E-state index contributed by atoms with van der Waals surface area (Å²) in [7, 11) is 1.28. The fourth-order valence-corrected chi connectivity index (χ4v) is 1.51. The van der Waals surface area contributed by atoms with E-state index >= 15 is 0 Å². The van der Waals surface area contributed by atoms with Crippen LogP contribution in [0.1, 0.15) is 43.6 Å². The van der Waals surface area contributed by atoms with Crippen molar-refractivity contribution < 1.29 is 18.7 Å². The highest BCUT2D eigenvalue weighted by atomic mass is 16.5. The van der Waals surface area contributed by atoms with Gasteiger partial charge in [0.05, 0.1) is 13.7 Å². The zero-order valence-corrected chi connectivity index (χ0v) is 11.8. The number of oxazole rings is 1. The molecule has 1 rings (SSSR count). The molecule has 106 valence electrons. The molecule has 19 heavy (non-hydrogen) atoms. The topological polar surface area (TPSA) is 72.6 Å². The highest BCUT2D eigenvalue weighted by Gasteiger charge is 2.16. The van der Waals surface area contributed by atoms with Crippen LogP contribution in [0, 0.1) is 5.92 Å². The molecule has 1 heterocycles. The van der Waals surface area contributed by atoms with E-state index in [1.807, 2.05) is 0 Å². The lowest BCUT2D eigenvalue weighted by atomic mass is 10.1. The Morgan fingerprint density at radius 1 is 1.47 bits per heavy atom. The average Bonchev–Trinajstić information content (AvgIpc) is 2.81. The molecule has 0 fully saturated rings. The summed E-state index contributed by atoms with van der Waals surface area (Å²) in [6.07, 6.45) is 2.14. The quantitative estimate of drug-likeness (QED) is 0.736. The number of aromatic nitrogens is 1. The highest BCUT2D eigenvalue weighted by molar-refractivity contribution is 5.86. The molecule has 0 aliphatic rings. The Hall–Kier alpha value is -1.85. The van der Waals surface area contributed by atoms with Crippen molar-refractivity contribution in [3.05, 3.63) is 17.8 Å². The van der Waals surface area contributed by atoms with Gasteiger partial charge in [0.1, 0.15) is 6.26 Å². The summed E-state index contributed by atoms with van der Waals surface area (Å²) in [6, 6.07) is 0. The first-order chi connectivity index (χ1) is 8.93. The van der Waals surface area contributed by atoms with Crippen LogP contribution in [0.25, 0.3) is 0 Å². The summed E-state index contributed by atoms with van der Waals surface area (Å²) in [5.41, 5.74) is 0.116. The van der Waals surface area contributed by atoms with Crippen molar-refractivity contribution in [2.45, 2.75) is 33.7 Å². The minimum absolute atomic E-state index is 0.0431. The maximum absolute atomic E-state index is 11.5. The highest BCUT2D eigenvalue weighted by Crippen LogP contribution is 2.09. The van der Waals surface area contributed by atoms with Crippen LogP contribution in [0.3, 0.4) is 0 Å². The molecule has 0 aliphatic heterocycles. The van der Waals surface area contributed by atoms with Crippen molar-refractivity contribution in [1.82, 2.24) is 9.88 Å². The van der Waals surface area contributed by atoms with E-state index in [0.29, 0.717) is 18.4 Å². The largest absolute Gasteiger partial charge is 0.464 e. The number of carbonyl (C=O) groups is 2. The van der Waals surface area contributed by atoms with Gasteiger partial charge in [-0.1, -0.05) is 13.8 Å². The fraction of sp³-hybridized carbons (Fsp3) is 0.615. The van der Waals surface area contributed by atoms with Crippen LogP contribution >= 0.6 is 0 Å². The van der Waals surface area contributed by atoms with Gasteiger partial charge in [0.15, 0.2) is 5.69 Å². The number of ether oxygens (including phenoxy) is 1. The standard InChI is InChI=1S/C13H20N2O4/c1-9(2)5-6-15(10(3)16)7-12-14-11(8-19-12)13(17)18-4/h8-9H,5-7H2,1-4H3. The monoisotopic (exact) mass is 268 g/mol. The molecular weight excluding hydrogens is 248 g/mol. The van der Waals surface area contributed by atoms with Gasteiger partial charge in [-0.15, -0.1) is 0 Å². The van der Waals surface area contributed by atoms with Gasteiger partial charge < -0.3 is 14.1 Å². The zero-order chi connectivity index (χ0) is 14.4. The Balaban J connectivity index is 2.66. The molecule has 0 unspecified atom stereocenters. The fourth-order valence-electron chi connectivity index (χ4n) is 1.51. The zero-order valence-electron chi connectivity index (χ0n) is 11.8. The predicted octanol–water partition coefficient (Wildman–Crippen LogP) is 1.86. The molecule has 0 saturated heterocycles. The third-order valence-corrected chi connectivity index (χ3v) is 2.69. The van der Waals surface area contributed by atoms with E-state index in [0.717, 1.165) is 6.42 Å². The van der Waals surface area contributed by atoms with E-state index in [-0.39, 0.29) is 18.1 Å². The van der Waals surface area contributed by atoms with Gasteiger partial charge in [-0.25, -0.2) is 9.78 Å². The molecule has 0 bridgehead atoms. The third kappa shape index (κ3) is 4.73. The number of esters is 1. The second kappa shape index (κ2) is 6.92. The lowest BCUT2D eigenvalue weighted by Gasteiger charge is -2.20. The van der Waals surface area contributed by atoms with E-state index < -0.39 is 5.97 Å². The number of nitrogens with zero attached hydrogens (tertiary/aromatic N) is 2. The molecule has 1 aromatic rings. The summed E-state index contributed by atoms with van der Waals surface area (Å²) in [4.78, 5) is 28.4. The first-order valence-electron chi connectivity index (χ1n) is 6.22. The molecule has 0 atom stereocenters. The van der Waals surface area contributed by atoms with E-state index in [2.05, 4.69) is 23.6 Å². The Kier molecular flexibility index (Phi) is 5.54. The van der Waals surface area contributed by atoms with Gasteiger partial charge in [0.25, 0.3) is 0 Å². The van der Waals surface area contributed by atoms with Crippen molar-refractivity contribution in [2.75, 3.05) is 13.7 Å². The molecule has 0 aliphatic carbocycles. The normalized spacial score (nSPS) is 10.6. The predicted molar refractivity (Wildman–Crippen MR) is 68.4 cm³/mol. The van der Waals surface area contributed by atoms with Crippen molar-refractivity contribution in [1.29, 1.82) is 0 Å². The Labute approximate surface area is 112 Å². The van der Waals surface area contributed by atoms with Gasteiger partial charge in [-0.3, -0.25) is 4.79 Å². The van der Waals surface area contributed by atoms with E-state index in [1.165, 1.54) is 20.3 Å². The summed E-state index contributed by atoms with van der Waals surface area (Å²) in [6.45, 7) is 6.60. The molecule has 1 amide bonds. The Morgan fingerprint density at radius 2 is 2.16 bits per heavy atom. The van der Waals surface area contributed by atoms with E-state index in [9.17, 15) is 9.59 Å². The molecule has 6 nitrogen and oxygen atoms in total. The molecule has 6 heteroatoms. The Bertz CT molecular complexity index is 440. The number of hydrogen-bond acceptors (Lipinski definition) is 5. The van der Waals surface area contributed by atoms with Crippen LogP contribution in [0.5, 0.6) is 0 Å². The second-order valence-corrected chi connectivity index (χ2v) is 4.74. The molecule has 1 aromatic heterocycles. The number of carbonyl (C=O) groups excluding carboxylic acids is 2. The smallest absolute Gasteiger partial charge is 0.360 e. The van der Waals surface area contributed by atoms with Crippen LogP contribution in [0.2, 0.25) is 0 Å². The van der Waals surface area contributed by atoms with Crippen molar-refractivity contribution in [2.24, 2.45) is 5.92 Å². The van der Waals surface area contributed by atoms with Gasteiger partial charge in [0, 0.05) is 13.5 Å². The molecular formula is C13H20N2O4. The number of methoxy groups -OCH3 is 1. The molecule has 0 aromatic carbocycles. The van der Waals surface area contributed by atoms with Crippen molar-refractivity contribution in [3.8, 4) is 0 Å². The van der Waals surface area contributed by atoms with Gasteiger partial charge in [-0.2, -0.15) is 0 Å². The summed E-state index contributed by atoms with van der Waals surface area (Å²) in [5.74, 6) is 0.251. The molecule has 0 N–H and O–H groups in total. The maximum atomic E-state index is 11.5. The molecule has 0 saturated carbocycles. The van der Waals surface area contributed by atoms with Gasteiger partial charge in [0.2, 0.25) is 11.8 Å². The van der Waals surface area contributed by atoms with E-state index in [1.54, 1.807) is 4.90 Å². The van der Waals surface area contributed by atoms with Crippen LogP contribution in [0.15, 0.2) is 10.7 Å². The minimum atomic E-state index is -0.549. The third-order valence-electron chi connectivity index (χ3n) is 2.69. The SMILES string of the molecule is COC(=O)c1coc(CN(CCC(C)C)C(C)=O)n1. The number of hydrogen-bond donors (Lipinski definition) is 0. The minimum Gasteiger partial charge on any atom is -0.464 e. The Morgan fingerprint density at radius 3 is 2.68 bits per heavy atom. The molecule has 0 spiro atoms. The van der Waals surface area contributed by atoms with Crippen LogP contribution in [-0.2, 0) is 16.1 Å². The average molecular weight is 268 g/mol. The number of amides is 1. The number of rotatable bonds is 6. The summed E-state index contributed by atoms with van der Waals surface area (Å²) < 4.78 is 9.71. The van der Waals surface area contributed by atoms with E-state index in [4.69, 9.17) is 4.42 Å². The maximum Gasteiger partial charge on any atom is 0.360 e. The molecule has 0 radical (unpaired) electrons. The lowest BCUT2D eigenvalue weighted by Crippen LogP contribution is -2.30. The van der Waals surface area contributed by atoms with Gasteiger partial charge >= 0.3 is 5.97 Å².